The zero-order valence-corrected chi connectivity index (χ0v) is 7.49. The van der Waals surface area contributed by atoms with E-state index in [0.717, 1.165) is 11.7 Å². The van der Waals surface area contributed by atoms with Gasteiger partial charge < -0.3 is 4.90 Å². The second-order valence-electron chi connectivity index (χ2n) is 2.88. The molecule has 0 aromatic rings. The molecule has 0 radical (unpaired) electrons. The first kappa shape index (κ1) is 9.31. The van der Waals surface area contributed by atoms with E-state index in [1.54, 1.807) is 0 Å². The molecule has 2 heteroatoms. The van der Waals surface area contributed by atoms with Crippen molar-refractivity contribution < 1.29 is 0 Å². The molecule has 0 saturated carbocycles. The van der Waals surface area contributed by atoms with Crippen LogP contribution < -0.4 is 0 Å². The van der Waals surface area contributed by atoms with Crippen LogP contribution in [0.4, 0.5) is 0 Å². The van der Waals surface area contributed by atoms with Crippen LogP contribution in [0.2, 0.25) is 0 Å². The van der Waals surface area contributed by atoms with E-state index < -0.39 is 0 Å². The molecule has 0 amide bonds. The average Bonchev–Trinajstić information content (AvgIpc) is 1.83. The normalized spacial score (nSPS) is 14.3. The molecule has 1 unspecified atom stereocenters. The third-order valence-corrected chi connectivity index (χ3v) is 2.00. The standard InChI is InChI=1S/C7H17NS/c1-7(6-9)4-5-8(2)3/h7,9H,4-6H2,1-3H3. The molecule has 0 fully saturated rings. The second-order valence-corrected chi connectivity index (χ2v) is 3.24. The zero-order chi connectivity index (χ0) is 7.28. The van der Waals surface area contributed by atoms with Gasteiger partial charge in [-0.3, -0.25) is 0 Å². The lowest BCUT2D eigenvalue weighted by Crippen LogP contribution is -2.15. The van der Waals surface area contributed by atoms with E-state index in [2.05, 4.69) is 38.5 Å². The highest BCUT2D eigenvalue weighted by atomic mass is 32.1. The maximum absolute atomic E-state index is 4.20. The van der Waals surface area contributed by atoms with Gasteiger partial charge in [-0.25, -0.2) is 0 Å². The molecule has 0 aliphatic carbocycles. The molecule has 0 N–H and O–H groups in total. The minimum absolute atomic E-state index is 0.760. The lowest BCUT2D eigenvalue weighted by molar-refractivity contribution is 0.371. The summed E-state index contributed by atoms with van der Waals surface area (Å²) >= 11 is 4.20. The third-order valence-electron chi connectivity index (χ3n) is 1.38. The molecule has 0 aromatic carbocycles. The van der Waals surface area contributed by atoms with Gasteiger partial charge in [0.25, 0.3) is 0 Å². The van der Waals surface area contributed by atoms with Crippen LogP contribution in [0, 0.1) is 5.92 Å². The van der Waals surface area contributed by atoms with Crippen LogP contribution in [0.15, 0.2) is 0 Å². The van der Waals surface area contributed by atoms with E-state index >= 15 is 0 Å². The van der Waals surface area contributed by atoms with E-state index in [-0.39, 0.29) is 0 Å². The van der Waals surface area contributed by atoms with Crippen LogP contribution in [-0.4, -0.2) is 31.3 Å². The highest BCUT2D eigenvalue weighted by molar-refractivity contribution is 7.80. The van der Waals surface area contributed by atoms with Gasteiger partial charge in [0.05, 0.1) is 0 Å². The van der Waals surface area contributed by atoms with E-state index in [9.17, 15) is 0 Å². The van der Waals surface area contributed by atoms with E-state index in [1.807, 2.05) is 0 Å². The third kappa shape index (κ3) is 6.19. The molecule has 0 aliphatic heterocycles. The molecule has 9 heavy (non-hydrogen) atoms. The van der Waals surface area contributed by atoms with Crippen molar-refractivity contribution in [3.63, 3.8) is 0 Å². The van der Waals surface area contributed by atoms with E-state index in [0.29, 0.717) is 0 Å². The molecule has 1 nitrogen and oxygen atoms in total. The summed E-state index contributed by atoms with van der Waals surface area (Å²) in [5.74, 6) is 1.77. The summed E-state index contributed by atoms with van der Waals surface area (Å²) in [6.45, 7) is 3.41. The predicted molar refractivity (Wildman–Crippen MR) is 46.2 cm³/mol. The van der Waals surface area contributed by atoms with Gasteiger partial charge >= 0.3 is 0 Å². The summed E-state index contributed by atoms with van der Waals surface area (Å²) in [6.07, 6.45) is 1.26. The van der Waals surface area contributed by atoms with Crippen molar-refractivity contribution in [2.24, 2.45) is 5.92 Å². The largest absolute Gasteiger partial charge is 0.309 e. The van der Waals surface area contributed by atoms with Crippen LogP contribution in [0.5, 0.6) is 0 Å². The Morgan fingerprint density at radius 3 is 2.33 bits per heavy atom. The Bertz CT molecular complexity index is 63.9. The van der Waals surface area contributed by atoms with Crippen molar-refractivity contribution in [2.45, 2.75) is 13.3 Å². The quantitative estimate of drug-likeness (QED) is 0.590. The molecule has 0 aromatic heterocycles. The Kier molecular flexibility index (Phi) is 5.30. The highest BCUT2D eigenvalue weighted by Gasteiger charge is 1.98. The molecule has 0 spiro atoms. The molecule has 56 valence electrons. The smallest absolute Gasteiger partial charge is 0.00220 e. The fourth-order valence-corrected chi connectivity index (χ4v) is 0.752. The fourth-order valence-electron chi connectivity index (χ4n) is 0.570. The molecule has 0 rings (SSSR count). The molecular formula is C7H17NS. The van der Waals surface area contributed by atoms with Crippen molar-refractivity contribution >= 4 is 12.6 Å². The number of hydrogen-bond donors (Lipinski definition) is 1. The van der Waals surface area contributed by atoms with E-state index in [1.165, 1.54) is 13.0 Å². The van der Waals surface area contributed by atoms with Crippen molar-refractivity contribution in [1.82, 2.24) is 4.90 Å². The summed E-state index contributed by atoms with van der Waals surface area (Å²) in [5.41, 5.74) is 0. The maximum Gasteiger partial charge on any atom is -0.00220 e. The van der Waals surface area contributed by atoms with Crippen LogP contribution in [0.25, 0.3) is 0 Å². The Morgan fingerprint density at radius 2 is 2.00 bits per heavy atom. The van der Waals surface area contributed by atoms with Crippen LogP contribution in [-0.2, 0) is 0 Å². The van der Waals surface area contributed by atoms with Gasteiger partial charge in [-0.05, 0) is 38.7 Å². The van der Waals surface area contributed by atoms with Gasteiger partial charge in [0.2, 0.25) is 0 Å². The molecular weight excluding hydrogens is 130 g/mol. The first-order chi connectivity index (χ1) is 4.16. The number of thiol groups is 1. The topological polar surface area (TPSA) is 3.24 Å². The van der Waals surface area contributed by atoms with Crippen LogP contribution in [0.3, 0.4) is 0 Å². The summed E-state index contributed by atoms with van der Waals surface area (Å²) in [5, 5.41) is 0. The number of hydrogen-bond acceptors (Lipinski definition) is 2. The van der Waals surface area contributed by atoms with Gasteiger partial charge in [-0.15, -0.1) is 0 Å². The molecule has 0 heterocycles. The van der Waals surface area contributed by atoms with Crippen molar-refractivity contribution in [1.29, 1.82) is 0 Å². The Balaban J connectivity index is 3.06. The highest BCUT2D eigenvalue weighted by Crippen LogP contribution is 2.02. The Morgan fingerprint density at radius 1 is 1.44 bits per heavy atom. The van der Waals surface area contributed by atoms with Gasteiger partial charge in [-0.1, -0.05) is 6.92 Å². The first-order valence-corrected chi connectivity index (χ1v) is 4.05. The van der Waals surface area contributed by atoms with Crippen molar-refractivity contribution in [3.05, 3.63) is 0 Å². The monoisotopic (exact) mass is 147 g/mol. The molecule has 0 saturated heterocycles. The first-order valence-electron chi connectivity index (χ1n) is 3.42. The Labute approximate surface area is 63.8 Å². The van der Waals surface area contributed by atoms with Crippen molar-refractivity contribution in [3.8, 4) is 0 Å². The number of nitrogens with zero attached hydrogens (tertiary/aromatic N) is 1. The molecule has 0 aliphatic rings. The fraction of sp³-hybridized carbons (Fsp3) is 1.00. The Hall–Kier alpha value is 0.310. The molecule has 0 bridgehead atoms. The van der Waals surface area contributed by atoms with Crippen LogP contribution >= 0.6 is 12.6 Å². The summed E-state index contributed by atoms with van der Waals surface area (Å²) < 4.78 is 0. The van der Waals surface area contributed by atoms with Gasteiger partial charge in [-0.2, -0.15) is 12.6 Å². The van der Waals surface area contributed by atoms with Gasteiger partial charge in [0.15, 0.2) is 0 Å². The SMILES string of the molecule is CC(CS)CCN(C)C. The average molecular weight is 147 g/mol. The maximum atomic E-state index is 4.20. The van der Waals surface area contributed by atoms with Gasteiger partial charge in [0, 0.05) is 0 Å². The molecule has 1 atom stereocenters. The second kappa shape index (κ2) is 5.12. The zero-order valence-electron chi connectivity index (χ0n) is 6.59. The lowest BCUT2D eigenvalue weighted by Gasteiger charge is -2.12. The minimum atomic E-state index is 0.760. The van der Waals surface area contributed by atoms with Gasteiger partial charge in [0.1, 0.15) is 0 Å². The van der Waals surface area contributed by atoms with Crippen LogP contribution in [0.1, 0.15) is 13.3 Å². The van der Waals surface area contributed by atoms with Crippen molar-refractivity contribution in [2.75, 3.05) is 26.4 Å². The summed E-state index contributed by atoms with van der Waals surface area (Å²) in [7, 11) is 4.20. The van der Waals surface area contributed by atoms with E-state index in [4.69, 9.17) is 0 Å². The lowest BCUT2D eigenvalue weighted by atomic mass is 10.1. The minimum Gasteiger partial charge on any atom is -0.309 e. The number of rotatable bonds is 4. The predicted octanol–water partition coefficient (Wildman–Crippen LogP) is 1.50. The summed E-state index contributed by atoms with van der Waals surface area (Å²) in [6, 6.07) is 0. The summed E-state index contributed by atoms with van der Waals surface area (Å²) in [4.78, 5) is 2.21.